The second-order valence-electron chi connectivity index (χ2n) is 2.12. The molecule has 0 aliphatic rings. The third-order valence-corrected chi connectivity index (χ3v) is 2.20. The first-order valence-corrected chi connectivity index (χ1v) is 4.46. The minimum atomic E-state index is 0.976. The van der Waals surface area contributed by atoms with Crippen molar-refractivity contribution in [1.29, 1.82) is 0 Å². The van der Waals surface area contributed by atoms with Crippen molar-refractivity contribution in [3.63, 3.8) is 0 Å². The summed E-state index contributed by atoms with van der Waals surface area (Å²) in [5.74, 6) is 0. The van der Waals surface area contributed by atoms with Gasteiger partial charge in [-0.1, -0.05) is 0 Å². The second kappa shape index (κ2) is 2.54. The van der Waals surface area contributed by atoms with Gasteiger partial charge in [0.2, 0.25) is 0 Å². The number of thioether (sulfide) groups is 1. The highest BCUT2D eigenvalue weighted by atomic mass is 32.2. The predicted octanol–water partition coefficient (Wildman–Crippen LogP) is 1.68. The SMILES string of the molecule is CSc1ncnc2cc[nH]c12. The Balaban J connectivity index is 2.79. The van der Waals surface area contributed by atoms with Crippen LogP contribution in [0.3, 0.4) is 0 Å². The lowest BCUT2D eigenvalue weighted by Gasteiger charge is -1.94. The van der Waals surface area contributed by atoms with Crippen LogP contribution in [0.1, 0.15) is 0 Å². The fourth-order valence-electron chi connectivity index (χ4n) is 1.00. The maximum absolute atomic E-state index is 4.12. The predicted molar refractivity (Wildman–Crippen MR) is 45.7 cm³/mol. The lowest BCUT2D eigenvalue weighted by atomic mass is 10.5. The molecule has 11 heavy (non-hydrogen) atoms. The van der Waals surface area contributed by atoms with Crippen molar-refractivity contribution in [2.24, 2.45) is 0 Å². The maximum Gasteiger partial charge on any atom is 0.123 e. The van der Waals surface area contributed by atoms with E-state index in [1.165, 1.54) is 0 Å². The lowest BCUT2D eigenvalue weighted by Crippen LogP contribution is -1.82. The Morgan fingerprint density at radius 2 is 2.36 bits per heavy atom. The molecule has 4 heteroatoms. The van der Waals surface area contributed by atoms with Gasteiger partial charge in [-0.2, -0.15) is 0 Å². The minimum Gasteiger partial charge on any atom is -0.358 e. The Hall–Kier alpha value is -1.03. The van der Waals surface area contributed by atoms with Crippen LogP contribution in [0.2, 0.25) is 0 Å². The summed E-state index contributed by atoms with van der Waals surface area (Å²) in [6, 6.07) is 1.94. The van der Waals surface area contributed by atoms with Gasteiger partial charge in [0.1, 0.15) is 11.4 Å². The molecule has 2 aromatic heterocycles. The van der Waals surface area contributed by atoms with Gasteiger partial charge in [-0.15, -0.1) is 11.8 Å². The van der Waals surface area contributed by atoms with E-state index >= 15 is 0 Å². The van der Waals surface area contributed by atoms with E-state index in [-0.39, 0.29) is 0 Å². The van der Waals surface area contributed by atoms with E-state index in [0.29, 0.717) is 0 Å². The van der Waals surface area contributed by atoms with E-state index in [9.17, 15) is 0 Å². The molecule has 0 unspecified atom stereocenters. The minimum absolute atomic E-state index is 0.976. The van der Waals surface area contributed by atoms with Crippen LogP contribution in [0.25, 0.3) is 11.0 Å². The van der Waals surface area contributed by atoms with E-state index in [4.69, 9.17) is 0 Å². The summed E-state index contributed by atoms with van der Waals surface area (Å²) >= 11 is 1.62. The summed E-state index contributed by atoms with van der Waals surface area (Å²) in [6.45, 7) is 0. The molecular formula is C7H7N3S. The molecule has 0 saturated heterocycles. The van der Waals surface area contributed by atoms with Gasteiger partial charge in [0.25, 0.3) is 0 Å². The summed E-state index contributed by atoms with van der Waals surface area (Å²) in [5, 5.41) is 1.00. The molecule has 0 atom stereocenters. The molecule has 3 nitrogen and oxygen atoms in total. The molecule has 0 radical (unpaired) electrons. The molecule has 0 aliphatic heterocycles. The Labute approximate surface area is 68.2 Å². The van der Waals surface area contributed by atoms with Crippen LogP contribution >= 0.6 is 11.8 Å². The summed E-state index contributed by atoms with van der Waals surface area (Å²) in [7, 11) is 0. The topological polar surface area (TPSA) is 41.6 Å². The summed E-state index contributed by atoms with van der Waals surface area (Å²) in [4.78, 5) is 11.3. The van der Waals surface area contributed by atoms with Crippen molar-refractivity contribution in [2.45, 2.75) is 5.03 Å². The Morgan fingerprint density at radius 3 is 3.18 bits per heavy atom. The van der Waals surface area contributed by atoms with E-state index in [1.807, 2.05) is 18.5 Å². The van der Waals surface area contributed by atoms with E-state index in [1.54, 1.807) is 18.1 Å². The Kier molecular flexibility index (Phi) is 1.54. The van der Waals surface area contributed by atoms with Gasteiger partial charge < -0.3 is 4.98 Å². The van der Waals surface area contributed by atoms with Gasteiger partial charge in [-0.05, 0) is 12.3 Å². The van der Waals surface area contributed by atoms with Crippen LogP contribution in [-0.2, 0) is 0 Å². The number of nitrogens with one attached hydrogen (secondary N) is 1. The quantitative estimate of drug-likeness (QED) is 0.516. The van der Waals surface area contributed by atoms with Crippen molar-refractivity contribution < 1.29 is 0 Å². The highest BCUT2D eigenvalue weighted by molar-refractivity contribution is 7.98. The summed E-state index contributed by atoms with van der Waals surface area (Å²) in [6.07, 6.45) is 5.46. The van der Waals surface area contributed by atoms with Crippen LogP contribution in [-0.4, -0.2) is 21.2 Å². The number of nitrogens with zero attached hydrogens (tertiary/aromatic N) is 2. The zero-order chi connectivity index (χ0) is 7.68. The smallest absolute Gasteiger partial charge is 0.123 e. The van der Waals surface area contributed by atoms with Gasteiger partial charge in [0.15, 0.2) is 0 Å². The first-order valence-electron chi connectivity index (χ1n) is 3.24. The average molecular weight is 165 g/mol. The first-order chi connectivity index (χ1) is 5.42. The molecule has 0 aliphatic carbocycles. The van der Waals surface area contributed by atoms with Gasteiger partial charge in [0.05, 0.1) is 11.0 Å². The molecule has 0 aromatic carbocycles. The van der Waals surface area contributed by atoms with Gasteiger partial charge in [-0.25, -0.2) is 9.97 Å². The molecule has 56 valence electrons. The highest BCUT2D eigenvalue weighted by Gasteiger charge is 2.00. The van der Waals surface area contributed by atoms with E-state index in [0.717, 1.165) is 16.1 Å². The summed E-state index contributed by atoms with van der Waals surface area (Å²) in [5.41, 5.74) is 2.00. The molecule has 0 saturated carbocycles. The second-order valence-corrected chi connectivity index (χ2v) is 2.92. The fourth-order valence-corrected chi connectivity index (χ4v) is 1.52. The monoisotopic (exact) mass is 165 g/mol. The molecule has 0 fully saturated rings. The number of fused-ring (bicyclic) bond motifs is 1. The van der Waals surface area contributed by atoms with Gasteiger partial charge in [0, 0.05) is 6.20 Å². The Morgan fingerprint density at radius 1 is 1.45 bits per heavy atom. The third-order valence-electron chi connectivity index (χ3n) is 1.50. The molecule has 0 bridgehead atoms. The number of hydrogen-bond acceptors (Lipinski definition) is 3. The van der Waals surface area contributed by atoms with Crippen molar-refractivity contribution in [2.75, 3.05) is 6.26 Å². The van der Waals surface area contributed by atoms with Gasteiger partial charge >= 0.3 is 0 Å². The van der Waals surface area contributed by atoms with Crippen LogP contribution in [0.5, 0.6) is 0 Å². The lowest BCUT2D eigenvalue weighted by molar-refractivity contribution is 1.09. The molecule has 2 aromatic rings. The van der Waals surface area contributed by atoms with E-state index in [2.05, 4.69) is 15.0 Å². The van der Waals surface area contributed by atoms with Crippen molar-refractivity contribution in [3.8, 4) is 0 Å². The normalized spacial score (nSPS) is 10.6. The first kappa shape index (κ1) is 6.67. The van der Waals surface area contributed by atoms with E-state index < -0.39 is 0 Å². The fraction of sp³-hybridized carbons (Fsp3) is 0.143. The number of H-pyrrole nitrogens is 1. The Bertz CT molecular complexity index is 368. The third kappa shape index (κ3) is 0.991. The van der Waals surface area contributed by atoms with Gasteiger partial charge in [-0.3, -0.25) is 0 Å². The number of aromatic amines is 1. The van der Waals surface area contributed by atoms with Crippen LogP contribution in [0, 0.1) is 0 Å². The van der Waals surface area contributed by atoms with Crippen LogP contribution < -0.4 is 0 Å². The zero-order valence-corrected chi connectivity index (χ0v) is 6.85. The van der Waals surface area contributed by atoms with Crippen molar-refractivity contribution in [1.82, 2.24) is 15.0 Å². The molecule has 2 rings (SSSR count). The number of aromatic nitrogens is 3. The zero-order valence-electron chi connectivity index (χ0n) is 6.03. The average Bonchev–Trinajstić information content (AvgIpc) is 2.50. The standard InChI is InChI=1S/C7H7N3S/c1-11-7-6-5(2-3-8-6)9-4-10-7/h2-4,8H,1H3. The molecular weight excluding hydrogens is 158 g/mol. The molecule has 2 heterocycles. The molecule has 1 N–H and O–H groups in total. The highest BCUT2D eigenvalue weighted by Crippen LogP contribution is 2.19. The number of rotatable bonds is 1. The van der Waals surface area contributed by atoms with Crippen LogP contribution in [0.15, 0.2) is 23.6 Å². The van der Waals surface area contributed by atoms with Crippen molar-refractivity contribution >= 4 is 22.8 Å². The number of hydrogen-bond donors (Lipinski definition) is 1. The van der Waals surface area contributed by atoms with Crippen molar-refractivity contribution in [3.05, 3.63) is 18.6 Å². The molecule has 0 amide bonds. The largest absolute Gasteiger partial charge is 0.358 e. The molecule has 0 spiro atoms. The summed E-state index contributed by atoms with van der Waals surface area (Å²) < 4.78 is 0. The van der Waals surface area contributed by atoms with Crippen LogP contribution in [0.4, 0.5) is 0 Å². The maximum atomic E-state index is 4.12.